The molecular weight excluding hydrogens is 363 g/mol. The molecule has 1 amide bonds. The number of amides is 1. The zero-order valence-corrected chi connectivity index (χ0v) is 14.2. The standard InChI is InChI=1S/C15H11Cl3N2O3/c1-8-11(17)6-12(18)14(19-8)20-13(21)7-23-15(22)9-2-4-10(16)5-3-9/h2-6H,7H2,1H3,(H,19,20,21). The minimum atomic E-state index is -0.636. The minimum Gasteiger partial charge on any atom is -0.452 e. The van der Waals surface area contributed by atoms with Gasteiger partial charge in [0.15, 0.2) is 12.4 Å². The van der Waals surface area contributed by atoms with Gasteiger partial charge in [-0.1, -0.05) is 34.8 Å². The fraction of sp³-hybridized carbons (Fsp3) is 0.133. The van der Waals surface area contributed by atoms with Crippen molar-refractivity contribution in [3.05, 3.63) is 56.7 Å². The summed E-state index contributed by atoms with van der Waals surface area (Å²) in [6, 6.07) is 7.59. The summed E-state index contributed by atoms with van der Waals surface area (Å²) in [5.74, 6) is -1.05. The van der Waals surface area contributed by atoms with Gasteiger partial charge in [-0.2, -0.15) is 0 Å². The Labute approximate surface area is 147 Å². The second-order valence-corrected chi connectivity index (χ2v) is 5.77. The molecule has 0 radical (unpaired) electrons. The summed E-state index contributed by atoms with van der Waals surface area (Å²) < 4.78 is 4.90. The van der Waals surface area contributed by atoms with Crippen molar-refractivity contribution in [1.29, 1.82) is 0 Å². The van der Waals surface area contributed by atoms with Crippen LogP contribution in [0.3, 0.4) is 0 Å². The Morgan fingerprint density at radius 3 is 2.43 bits per heavy atom. The molecule has 2 rings (SSSR count). The van der Waals surface area contributed by atoms with Gasteiger partial charge >= 0.3 is 5.97 Å². The second-order valence-electron chi connectivity index (χ2n) is 4.52. The number of hydrogen-bond donors (Lipinski definition) is 1. The zero-order chi connectivity index (χ0) is 17.0. The molecule has 1 aromatic carbocycles. The largest absolute Gasteiger partial charge is 0.452 e. The van der Waals surface area contributed by atoms with E-state index < -0.39 is 18.5 Å². The zero-order valence-electron chi connectivity index (χ0n) is 11.9. The molecule has 0 bridgehead atoms. The molecule has 0 fully saturated rings. The van der Waals surface area contributed by atoms with E-state index in [9.17, 15) is 9.59 Å². The summed E-state index contributed by atoms with van der Waals surface area (Å²) in [4.78, 5) is 27.6. The molecule has 23 heavy (non-hydrogen) atoms. The van der Waals surface area contributed by atoms with Crippen LogP contribution in [0.25, 0.3) is 0 Å². The van der Waals surface area contributed by atoms with Crippen LogP contribution < -0.4 is 5.32 Å². The predicted molar refractivity (Wildman–Crippen MR) is 89.4 cm³/mol. The van der Waals surface area contributed by atoms with Gasteiger partial charge in [0, 0.05) is 5.02 Å². The summed E-state index contributed by atoms with van der Waals surface area (Å²) in [5.41, 5.74) is 0.810. The third-order valence-corrected chi connectivity index (χ3v) is 3.70. The first-order valence-corrected chi connectivity index (χ1v) is 7.55. The first-order chi connectivity index (χ1) is 10.9. The highest BCUT2D eigenvalue weighted by molar-refractivity contribution is 6.36. The van der Waals surface area contributed by atoms with Gasteiger partial charge in [-0.05, 0) is 37.3 Å². The summed E-state index contributed by atoms with van der Waals surface area (Å²) >= 11 is 17.5. The molecule has 2 aromatic rings. The van der Waals surface area contributed by atoms with E-state index in [1.807, 2.05) is 0 Å². The van der Waals surface area contributed by atoms with Gasteiger partial charge in [0.05, 0.1) is 21.3 Å². The van der Waals surface area contributed by atoms with E-state index in [0.717, 1.165) is 0 Å². The van der Waals surface area contributed by atoms with Crippen molar-refractivity contribution in [2.24, 2.45) is 0 Å². The Morgan fingerprint density at radius 2 is 1.78 bits per heavy atom. The van der Waals surface area contributed by atoms with Crippen molar-refractivity contribution in [1.82, 2.24) is 4.98 Å². The number of pyridine rings is 1. The minimum absolute atomic E-state index is 0.154. The molecule has 1 N–H and O–H groups in total. The maximum atomic E-state index is 11.8. The van der Waals surface area contributed by atoms with Crippen molar-refractivity contribution >= 4 is 52.5 Å². The van der Waals surface area contributed by atoms with Crippen molar-refractivity contribution < 1.29 is 14.3 Å². The number of esters is 1. The van der Waals surface area contributed by atoms with Crippen LogP contribution in [-0.4, -0.2) is 23.5 Å². The second kappa shape index (κ2) is 7.64. The number of aromatic nitrogens is 1. The van der Waals surface area contributed by atoms with Crippen LogP contribution in [-0.2, 0) is 9.53 Å². The number of nitrogens with zero attached hydrogens (tertiary/aromatic N) is 1. The molecule has 0 saturated heterocycles. The quantitative estimate of drug-likeness (QED) is 0.818. The number of carbonyl (C=O) groups is 2. The molecule has 0 aliphatic heterocycles. The SMILES string of the molecule is Cc1nc(NC(=O)COC(=O)c2ccc(Cl)cc2)c(Cl)cc1Cl. The lowest BCUT2D eigenvalue weighted by Crippen LogP contribution is -2.21. The Hall–Kier alpha value is -1.82. The molecule has 0 aliphatic carbocycles. The number of hydrogen-bond acceptors (Lipinski definition) is 4. The Bertz CT molecular complexity index is 748. The third kappa shape index (κ3) is 4.82. The molecule has 5 nitrogen and oxygen atoms in total. The van der Waals surface area contributed by atoms with Crippen LogP contribution in [0.2, 0.25) is 15.1 Å². The van der Waals surface area contributed by atoms with Gasteiger partial charge in [-0.3, -0.25) is 4.79 Å². The number of halogens is 3. The molecule has 0 unspecified atom stereocenters. The number of carbonyl (C=O) groups excluding carboxylic acids is 2. The van der Waals surface area contributed by atoms with Crippen LogP contribution in [0, 0.1) is 6.92 Å². The summed E-state index contributed by atoms with van der Waals surface area (Å²) in [7, 11) is 0. The van der Waals surface area contributed by atoms with Crippen LogP contribution in [0.15, 0.2) is 30.3 Å². The first kappa shape index (κ1) is 17.5. The van der Waals surface area contributed by atoms with Crippen LogP contribution in [0.5, 0.6) is 0 Å². The lowest BCUT2D eigenvalue weighted by Gasteiger charge is -2.09. The number of nitrogens with one attached hydrogen (secondary N) is 1. The molecule has 0 spiro atoms. The molecule has 1 heterocycles. The smallest absolute Gasteiger partial charge is 0.338 e. The molecule has 0 atom stereocenters. The van der Waals surface area contributed by atoms with E-state index in [0.29, 0.717) is 21.3 Å². The summed E-state index contributed by atoms with van der Waals surface area (Å²) in [6.07, 6.45) is 0. The van der Waals surface area contributed by atoms with Gasteiger partial charge in [0.2, 0.25) is 0 Å². The van der Waals surface area contributed by atoms with Crippen molar-refractivity contribution in [2.75, 3.05) is 11.9 Å². The molecule has 8 heteroatoms. The highest BCUT2D eigenvalue weighted by atomic mass is 35.5. The number of rotatable bonds is 4. The van der Waals surface area contributed by atoms with Gasteiger partial charge in [0.1, 0.15) is 0 Å². The third-order valence-electron chi connectivity index (χ3n) is 2.78. The number of benzene rings is 1. The lowest BCUT2D eigenvalue weighted by atomic mass is 10.2. The average Bonchev–Trinajstić information content (AvgIpc) is 2.51. The first-order valence-electron chi connectivity index (χ1n) is 6.42. The van der Waals surface area contributed by atoms with Gasteiger partial charge in [0.25, 0.3) is 5.91 Å². The van der Waals surface area contributed by atoms with E-state index in [2.05, 4.69) is 10.3 Å². The number of aryl methyl sites for hydroxylation is 1. The average molecular weight is 374 g/mol. The predicted octanol–water partition coefficient (Wildman–Crippen LogP) is 4.15. The van der Waals surface area contributed by atoms with E-state index >= 15 is 0 Å². The van der Waals surface area contributed by atoms with E-state index in [4.69, 9.17) is 39.5 Å². The van der Waals surface area contributed by atoms with Crippen LogP contribution in [0.1, 0.15) is 16.1 Å². The Morgan fingerprint density at radius 1 is 1.13 bits per heavy atom. The molecular formula is C15H11Cl3N2O3. The van der Waals surface area contributed by atoms with Crippen molar-refractivity contribution in [3.8, 4) is 0 Å². The highest BCUT2D eigenvalue weighted by Gasteiger charge is 2.13. The maximum absolute atomic E-state index is 11.8. The highest BCUT2D eigenvalue weighted by Crippen LogP contribution is 2.25. The fourth-order valence-electron chi connectivity index (χ4n) is 1.61. The topological polar surface area (TPSA) is 68.3 Å². The monoisotopic (exact) mass is 372 g/mol. The van der Waals surface area contributed by atoms with Crippen LogP contribution >= 0.6 is 34.8 Å². The summed E-state index contributed by atoms with van der Waals surface area (Å²) in [5, 5.41) is 3.54. The molecule has 120 valence electrons. The van der Waals surface area contributed by atoms with E-state index in [-0.39, 0.29) is 10.8 Å². The molecule has 0 saturated carbocycles. The number of ether oxygens (including phenoxy) is 1. The molecule has 0 aliphatic rings. The maximum Gasteiger partial charge on any atom is 0.338 e. The van der Waals surface area contributed by atoms with E-state index in [1.54, 1.807) is 19.1 Å². The Balaban J connectivity index is 1.94. The fourth-order valence-corrected chi connectivity index (χ4v) is 2.15. The van der Waals surface area contributed by atoms with E-state index in [1.165, 1.54) is 18.2 Å². The van der Waals surface area contributed by atoms with Gasteiger partial charge in [-0.15, -0.1) is 0 Å². The van der Waals surface area contributed by atoms with Gasteiger partial charge < -0.3 is 10.1 Å². The van der Waals surface area contributed by atoms with Crippen molar-refractivity contribution in [2.45, 2.75) is 6.92 Å². The lowest BCUT2D eigenvalue weighted by molar-refractivity contribution is -0.119. The Kier molecular flexibility index (Phi) is 5.82. The number of anilines is 1. The van der Waals surface area contributed by atoms with Gasteiger partial charge in [-0.25, -0.2) is 9.78 Å². The van der Waals surface area contributed by atoms with Crippen LogP contribution in [0.4, 0.5) is 5.82 Å². The summed E-state index contributed by atoms with van der Waals surface area (Å²) in [6.45, 7) is 1.20. The molecule has 1 aromatic heterocycles. The normalized spacial score (nSPS) is 10.3. The van der Waals surface area contributed by atoms with Crippen molar-refractivity contribution in [3.63, 3.8) is 0 Å².